The topological polar surface area (TPSA) is 70.2 Å². The summed E-state index contributed by atoms with van der Waals surface area (Å²) in [5.74, 6) is -1.40. The molecule has 0 spiro atoms. The Kier molecular flexibility index (Phi) is 4.38. The number of carboxylic acids is 1. The number of benzene rings is 1. The Morgan fingerprint density at radius 2 is 1.86 bits per heavy atom. The van der Waals surface area contributed by atoms with Crippen LogP contribution in [0.1, 0.15) is 31.0 Å². The van der Waals surface area contributed by atoms with E-state index < -0.39 is 11.9 Å². The van der Waals surface area contributed by atoms with Crippen LogP contribution in [0.5, 0.6) is 0 Å². The van der Waals surface area contributed by atoms with E-state index in [1.54, 1.807) is 19.1 Å². The van der Waals surface area contributed by atoms with Crippen LogP contribution >= 0.6 is 0 Å². The van der Waals surface area contributed by atoms with Gasteiger partial charge in [-0.1, -0.05) is 30.3 Å². The first kappa shape index (κ1) is 14.8. The van der Waals surface area contributed by atoms with Gasteiger partial charge in [0.15, 0.2) is 0 Å². The SMILES string of the molecule is C/C=C/c1cc(-c2ccc(C(C)C(=O)O)cc2)cc(=O)[nH]1. The largest absolute Gasteiger partial charge is 0.481 e. The van der Waals surface area contributed by atoms with Crippen LogP contribution in [0.4, 0.5) is 0 Å². The molecular formula is C17H17NO3. The van der Waals surface area contributed by atoms with Crippen molar-refractivity contribution in [1.82, 2.24) is 4.98 Å². The van der Waals surface area contributed by atoms with E-state index >= 15 is 0 Å². The lowest BCUT2D eigenvalue weighted by Crippen LogP contribution is -2.07. The van der Waals surface area contributed by atoms with Crippen molar-refractivity contribution < 1.29 is 9.90 Å². The van der Waals surface area contributed by atoms with Crippen molar-refractivity contribution >= 4 is 12.0 Å². The second-order valence-corrected chi connectivity index (χ2v) is 4.87. The normalized spacial score (nSPS) is 12.5. The minimum atomic E-state index is -0.853. The highest BCUT2D eigenvalue weighted by molar-refractivity contribution is 5.76. The lowest BCUT2D eigenvalue weighted by atomic mass is 9.98. The summed E-state index contributed by atoms with van der Waals surface area (Å²) in [7, 11) is 0. The Balaban J connectivity index is 2.39. The molecule has 0 aliphatic heterocycles. The zero-order valence-corrected chi connectivity index (χ0v) is 12.0. The molecule has 0 saturated carbocycles. The molecule has 2 rings (SSSR count). The molecule has 2 aromatic rings. The molecule has 21 heavy (non-hydrogen) atoms. The Morgan fingerprint density at radius 3 is 2.43 bits per heavy atom. The van der Waals surface area contributed by atoms with Gasteiger partial charge in [0.2, 0.25) is 5.56 Å². The molecule has 4 heteroatoms. The standard InChI is InChI=1S/C17H17NO3/c1-3-4-15-9-14(10-16(19)18-15)13-7-5-12(6-8-13)11(2)17(20)21/h3-11H,1-2H3,(H,18,19)(H,20,21)/b4-3+. The molecule has 1 unspecified atom stereocenters. The highest BCUT2D eigenvalue weighted by Crippen LogP contribution is 2.22. The monoisotopic (exact) mass is 283 g/mol. The van der Waals surface area contributed by atoms with E-state index in [9.17, 15) is 9.59 Å². The van der Waals surface area contributed by atoms with E-state index in [-0.39, 0.29) is 5.56 Å². The summed E-state index contributed by atoms with van der Waals surface area (Å²) in [5.41, 5.74) is 3.01. The van der Waals surface area contributed by atoms with Gasteiger partial charge in [0, 0.05) is 11.8 Å². The van der Waals surface area contributed by atoms with Gasteiger partial charge >= 0.3 is 5.97 Å². The molecule has 1 aromatic heterocycles. The lowest BCUT2D eigenvalue weighted by Gasteiger charge is -2.08. The summed E-state index contributed by atoms with van der Waals surface area (Å²) < 4.78 is 0. The summed E-state index contributed by atoms with van der Waals surface area (Å²) in [6.45, 7) is 3.53. The van der Waals surface area contributed by atoms with Crippen LogP contribution in [0.15, 0.2) is 47.3 Å². The number of aromatic amines is 1. The maximum atomic E-state index is 11.7. The molecule has 0 radical (unpaired) electrons. The van der Waals surface area contributed by atoms with Gasteiger partial charge in [-0.15, -0.1) is 0 Å². The molecule has 0 aliphatic carbocycles. The van der Waals surface area contributed by atoms with Gasteiger partial charge in [0.25, 0.3) is 0 Å². The Bertz CT molecular complexity index is 726. The number of aliphatic carboxylic acids is 1. The fraction of sp³-hybridized carbons (Fsp3) is 0.176. The van der Waals surface area contributed by atoms with Crippen LogP contribution in [0.25, 0.3) is 17.2 Å². The first-order chi connectivity index (χ1) is 10.0. The number of carbonyl (C=O) groups is 1. The first-order valence-electron chi connectivity index (χ1n) is 6.71. The van der Waals surface area contributed by atoms with Crippen molar-refractivity contribution in [2.24, 2.45) is 0 Å². The third kappa shape index (κ3) is 3.48. The minimum Gasteiger partial charge on any atom is -0.481 e. The number of allylic oxidation sites excluding steroid dienone is 1. The van der Waals surface area contributed by atoms with Crippen LogP contribution in [0.2, 0.25) is 0 Å². The molecule has 0 amide bonds. The first-order valence-corrected chi connectivity index (χ1v) is 6.71. The smallest absolute Gasteiger partial charge is 0.310 e. The predicted molar refractivity (Wildman–Crippen MR) is 83.3 cm³/mol. The average molecular weight is 283 g/mol. The van der Waals surface area contributed by atoms with Gasteiger partial charge in [-0.2, -0.15) is 0 Å². The van der Waals surface area contributed by atoms with Gasteiger partial charge in [-0.25, -0.2) is 0 Å². The summed E-state index contributed by atoms with van der Waals surface area (Å²) in [5, 5.41) is 9.00. The van der Waals surface area contributed by atoms with E-state index in [2.05, 4.69) is 4.98 Å². The van der Waals surface area contributed by atoms with E-state index in [1.165, 1.54) is 6.07 Å². The van der Waals surface area contributed by atoms with E-state index in [0.29, 0.717) is 0 Å². The van der Waals surface area contributed by atoms with Crippen molar-refractivity contribution in [3.63, 3.8) is 0 Å². The third-order valence-corrected chi connectivity index (χ3v) is 3.33. The quantitative estimate of drug-likeness (QED) is 0.904. The number of H-pyrrole nitrogens is 1. The molecule has 108 valence electrons. The Hall–Kier alpha value is -2.62. The van der Waals surface area contributed by atoms with Crippen molar-refractivity contribution in [3.8, 4) is 11.1 Å². The van der Waals surface area contributed by atoms with Gasteiger partial charge < -0.3 is 10.1 Å². The molecule has 1 aromatic carbocycles. The highest BCUT2D eigenvalue weighted by Gasteiger charge is 2.13. The van der Waals surface area contributed by atoms with Crippen LogP contribution in [0, 0.1) is 0 Å². The van der Waals surface area contributed by atoms with E-state index in [4.69, 9.17) is 5.11 Å². The van der Waals surface area contributed by atoms with Crippen LogP contribution in [-0.4, -0.2) is 16.1 Å². The summed E-state index contributed by atoms with van der Waals surface area (Å²) in [6.07, 6.45) is 3.68. The number of hydrogen-bond acceptors (Lipinski definition) is 2. The van der Waals surface area contributed by atoms with Crippen LogP contribution in [-0.2, 0) is 4.79 Å². The molecule has 2 N–H and O–H groups in total. The molecule has 4 nitrogen and oxygen atoms in total. The number of pyridine rings is 1. The maximum Gasteiger partial charge on any atom is 0.310 e. The molecule has 0 aliphatic rings. The molecule has 0 fully saturated rings. The second-order valence-electron chi connectivity index (χ2n) is 4.87. The maximum absolute atomic E-state index is 11.7. The molecule has 1 heterocycles. The average Bonchev–Trinajstić information content (AvgIpc) is 2.46. The number of aromatic nitrogens is 1. The lowest BCUT2D eigenvalue weighted by molar-refractivity contribution is -0.138. The number of rotatable bonds is 4. The number of nitrogens with one attached hydrogen (secondary N) is 1. The van der Waals surface area contributed by atoms with Crippen molar-refractivity contribution in [2.45, 2.75) is 19.8 Å². The van der Waals surface area contributed by atoms with Gasteiger partial charge in [-0.3, -0.25) is 9.59 Å². The van der Waals surface area contributed by atoms with Crippen molar-refractivity contribution in [2.75, 3.05) is 0 Å². The van der Waals surface area contributed by atoms with Gasteiger partial charge in [0.1, 0.15) is 0 Å². The molecule has 0 saturated heterocycles. The fourth-order valence-corrected chi connectivity index (χ4v) is 2.11. The zero-order valence-electron chi connectivity index (χ0n) is 12.0. The molecule has 1 atom stereocenters. The predicted octanol–water partition coefficient (Wildman–Crippen LogP) is 3.26. The van der Waals surface area contributed by atoms with Crippen molar-refractivity contribution in [1.29, 1.82) is 0 Å². The van der Waals surface area contributed by atoms with Gasteiger partial charge in [0.05, 0.1) is 5.92 Å². The fourth-order valence-electron chi connectivity index (χ4n) is 2.11. The highest BCUT2D eigenvalue weighted by atomic mass is 16.4. The van der Waals surface area contributed by atoms with Crippen LogP contribution < -0.4 is 5.56 Å². The zero-order chi connectivity index (χ0) is 15.4. The van der Waals surface area contributed by atoms with E-state index in [0.717, 1.165) is 22.4 Å². The molecular weight excluding hydrogens is 266 g/mol. The summed E-state index contributed by atoms with van der Waals surface area (Å²) in [4.78, 5) is 25.4. The summed E-state index contributed by atoms with van der Waals surface area (Å²) >= 11 is 0. The van der Waals surface area contributed by atoms with Crippen LogP contribution in [0.3, 0.4) is 0 Å². The minimum absolute atomic E-state index is 0.163. The van der Waals surface area contributed by atoms with Crippen molar-refractivity contribution in [3.05, 3.63) is 64.1 Å². The third-order valence-electron chi connectivity index (χ3n) is 3.33. The Labute approximate surface area is 122 Å². The number of carboxylic acid groups (broad SMARTS) is 1. The molecule has 0 bridgehead atoms. The second kappa shape index (κ2) is 6.22. The summed E-state index contributed by atoms with van der Waals surface area (Å²) in [6, 6.07) is 10.7. The van der Waals surface area contributed by atoms with Gasteiger partial charge in [-0.05, 0) is 42.7 Å². The van der Waals surface area contributed by atoms with E-state index in [1.807, 2.05) is 37.3 Å². The number of hydrogen-bond donors (Lipinski definition) is 2. The Morgan fingerprint density at radius 1 is 1.19 bits per heavy atom.